The fourth-order valence-corrected chi connectivity index (χ4v) is 9.61. The molecule has 9 aromatic rings. The summed E-state index contributed by atoms with van der Waals surface area (Å²) in [6.07, 6.45) is 0. The van der Waals surface area contributed by atoms with E-state index in [9.17, 15) is 0 Å². The number of aryl methyl sites for hydroxylation is 1. The lowest BCUT2D eigenvalue weighted by molar-refractivity contribution is 0.793. The highest BCUT2D eigenvalue weighted by Crippen LogP contribution is 2.63. The van der Waals surface area contributed by atoms with Gasteiger partial charge in [0, 0.05) is 5.92 Å². The van der Waals surface area contributed by atoms with Gasteiger partial charge in [0.25, 0.3) is 0 Å². The molecule has 58 heavy (non-hydrogen) atoms. The average Bonchev–Trinajstić information content (AvgIpc) is 3.78. The number of benzene rings is 9. The molecule has 0 aromatic heterocycles. The number of rotatable bonds is 5. The van der Waals surface area contributed by atoms with Crippen LogP contribution in [0.3, 0.4) is 0 Å². The second-order valence-corrected chi connectivity index (χ2v) is 15.7. The summed E-state index contributed by atoms with van der Waals surface area (Å²) >= 11 is 0. The molecule has 0 saturated carbocycles. The van der Waals surface area contributed by atoms with Crippen LogP contribution >= 0.6 is 0 Å². The normalized spacial score (nSPS) is 13.1. The van der Waals surface area contributed by atoms with Crippen molar-refractivity contribution >= 4 is 0 Å². The summed E-state index contributed by atoms with van der Waals surface area (Å²) < 4.78 is 0. The van der Waals surface area contributed by atoms with Crippen LogP contribution < -0.4 is 0 Å². The van der Waals surface area contributed by atoms with Crippen molar-refractivity contribution in [2.45, 2.75) is 25.2 Å². The lowest BCUT2D eigenvalue weighted by atomic mass is 9.70. The summed E-state index contributed by atoms with van der Waals surface area (Å²) in [4.78, 5) is 0. The van der Waals surface area contributed by atoms with Crippen molar-refractivity contribution in [3.63, 3.8) is 0 Å². The molecule has 1 spiro atoms. The van der Waals surface area contributed by atoms with Crippen LogP contribution in [-0.4, -0.2) is 0 Å². The summed E-state index contributed by atoms with van der Waals surface area (Å²) in [5.74, 6) is 0.297. The Morgan fingerprint density at radius 3 is 1.22 bits per heavy atom. The highest BCUT2D eigenvalue weighted by molar-refractivity contribution is 5.95. The van der Waals surface area contributed by atoms with E-state index in [-0.39, 0.29) is 5.41 Å². The van der Waals surface area contributed by atoms with E-state index in [0.717, 1.165) is 0 Å². The van der Waals surface area contributed by atoms with E-state index in [2.05, 4.69) is 238 Å². The molecule has 0 nitrogen and oxygen atoms in total. The lowest BCUT2D eigenvalue weighted by Crippen LogP contribution is -2.25. The summed E-state index contributed by atoms with van der Waals surface area (Å²) in [6, 6.07) is 81.5. The minimum absolute atomic E-state index is 0.189. The summed E-state index contributed by atoms with van der Waals surface area (Å²) in [7, 11) is 0. The molecule has 9 aromatic carbocycles. The van der Waals surface area contributed by atoms with Gasteiger partial charge >= 0.3 is 0 Å². The molecule has 0 fully saturated rings. The zero-order chi connectivity index (χ0) is 39.1. The van der Waals surface area contributed by atoms with Gasteiger partial charge in [0.15, 0.2) is 0 Å². The monoisotopic (exact) mass is 740 g/mol. The summed E-state index contributed by atoms with van der Waals surface area (Å²) in [5, 5.41) is 0. The van der Waals surface area contributed by atoms with Gasteiger partial charge in [0.05, 0.1) is 5.41 Å². The molecule has 1 unspecified atom stereocenters. The van der Waals surface area contributed by atoms with Crippen molar-refractivity contribution in [3.05, 3.63) is 263 Å². The van der Waals surface area contributed by atoms with Gasteiger partial charge in [-0.1, -0.05) is 225 Å². The highest BCUT2D eigenvalue weighted by Gasteiger charge is 2.51. The van der Waals surface area contributed by atoms with Crippen molar-refractivity contribution in [2.24, 2.45) is 0 Å². The van der Waals surface area contributed by atoms with Crippen LogP contribution in [0.2, 0.25) is 0 Å². The van der Waals surface area contributed by atoms with Gasteiger partial charge in [0.2, 0.25) is 0 Å². The van der Waals surface area contributed by atoms with Gasteiger partial charge in [-0.3, -0.25) is 0 Å². The first-order chi connectivity index (χ1) is 28.6. The zero-order valence-corrected chi connectivity index (χ0v) is 32.9. The largest absolute Gasteiger partial charge is 0.0725 e. The van der Waals surface area contributed by atoms with Crippen molar-refractivity contribution < 1.29 is 0 Å². The number of fused-ring (bicyclic) bond motifs is 10. The molecule has 11 rings (SSSR count). The van der Waals surface area contributed by atoms with E-state index in [1.807, 2.05) is 0 Å². The summed E-state index contributed by atoms with van der Waals surface area (Å²) in [6.45, 7) is 4.54. The van der Waals surface area contributed by atoms with Crippen molar-refractivity contribution in [1.82, 2.24) is 0 Å². The Morgan fingerprint density at radius 1 is 0.310 bits per heavy atom. The molecule has 0 amide bonds. The molecule has 0 heterocycles. The van der Waals surface area contributed by atoms with Crippen LogP contribution in [0.5, 0.6) is 0 Å². The fraction of sp³-hybridized carbons (Fsp3) is 0.0690. The molecule has 0 N–H and O–H groups in total. The Labute approximate surface area is 342 Å². The second-order valence-electron chi connectivity index (χ2n) is 15.7. The van der Waals surface area contributed by atoms with Crippen LogP contribution in [-0.2, 0) is 5.41 Å². The van der Waals surface area contributed by atoms with E-state index in [1.54, 1.807) is 0 Å². The molecular weight excluding hydrogens is 697 g/mol. The highest BCUT2D eigenvalue weighted by atomic mass is 14.5. The molecule has 0 aliphatic heterocycles. The standard InChI is InChI=1S/C32H26.C26H18/c1-24(25-17-19-29(20-18-25)26-11-5-2-6-12-26)30-21-31(27-13-7-3-8-14-27)23-32(22-30)28-15-9-4-10-16-28;1-17-9-8-16-24-25(17)20-12-4-7-15-23(20)26(24)21-13-5-2-10-18(21)19-11-3-6-14-22(19)26/h2-24H,1H3;2-16H,1H3. The minimum atomic E-state index is -0.189. The average molecular weight is 741 g/mol. The Kier molecular flexibility index (Phi) is 9.04. The predicted octanol–water partition coefficient (Wildman–Crippen LogP) is 15.2. The second kappa shape index (κ2) is 14.8. The van der Waals surface area contributed by atoms with Crippen molar-refractivity contribution in [1.29, 1.82) is 0 Å². The van der Waals surface area contributed by atoms with E-state index < -0.39 is 0 Å². The maximum atomic E-state index is 2.34. The third kappa shape index (κ3) is 5.92. The van der Waals surface area contributed by atoms with E-state index >= 15 is 0 Å². The van der Waals surface area contributed by atoms with E-state index in [1.165, 1.54) is 94.6 Å². The molecule has 276 valence electrons. The first-order valence-corrected chi connectivity index (χ1v) is 20.4. The molecule has 2 aliphatic rings. The van der Waals surface area contributed by atoms with Gasteiger partial charge < -0.3 is 0 Å². The third-order valence-corrected chi connectivity index (χ3v) is 12.4. The molecule has 2 aliphatic carbocycles. The smallest absolute Gasteiger partial charge is 0.0622 e. The molecule has 0 heteroatoms. The van der Waals surface area contributed by atoms with Gasteiger partial charge in [0.1, 0.15) is 0 Å². The molecule has 0 saturated heterocycles. The number of hydrogen-bond donors (Lipinski definition) is 0. The van der Waals surface area contributed by atoms with Gasteiger partial charge in [-0.2, -0.15) is 0 Å². The quantitative estimate of drug-likeness (QED) is 0.165. The zero-order valence-electron chi connectivity index (χ0n) is 32.9. The fourth-order valence-electron chi connectivity index (χ4n) is 9.61. The van der Waals surface area contributed by atoms with Crippen molar-refractivity contribution in [2.75, 3.05) is 0 Å². The maximum absolute atomic E-state index is 2.34. The topological polar surface area (TPSA) is 0 Å². The van der Waals surface area contributed by atoms with Crippen molar-refractivity contribution in [3.8, 4) is 55.6 Å². The Balaban J connectivity index is 0.000000143. The Morgan fingerprint density at radius 2 is 0.707 bits per heavy atom. The first kappa shape index (κ1) is 35.4. The molecule has 0 radical (unpaired) electrons. The van der Waals surface area contributed by atoms with E-state index in [0.29, 0.717) is 5.92 Å². The SMILES string of the molecule is CC(c1ccc(-c2ccccc2)cc1)c1cc(-c2ccccc2)cc(-c2ccccc2)c1.Cc1cccc2c1-c1ccccc1C21c2ccccc2-c2ccccc21. The van der Waals surface area contributed by atoms with Crippen LogP contribution in [0.4, 0.5) is 0 Å². The first-order valence-electron chi connectivity index (χ1n) is 20.4. The Hall–Kier alpha value is -7.02. The third-order valence-electron chi connectivity index (χ3n) is 12.4. The molecule has 0 bridgehead atoms. The van der Waals surface area contributed by atoms with Crippen LogP contribution in [0.15, 0.2) is 224 Å². The van der Waals surface area contributed by atoms with Crippen LogP contribution in [0, 0.1) is 6.92 Å². The van der Waals surface area contributed by atoms with Gasteiger partial charge in [-0.15, -0.1) is 0 Å². The van der Waals surface area contributed by atoms with Crippen LogP contribution in [0.25, 0.3) is 55.6 Å². The van der Waals surface area contributed by atoms with Gasteiger partial charge in [-0.25, -0.2) is 0 Å². The molecule has 1 atom stereocenters. The minimum Gasteiger partial charge on any atom is -0.0622 e. The lowest BCUT2D eigenvalue weighted by Gasteiger charge is -2.30. The molecular formula is C58H44. The maximum Gasteiger partial charge on any atom is 0.0725 e. The summed E-state index contributed by atoms with van der Waals surface area (Å²) in [5.41, 5.74) is 22.6. The number of hydrogen-bond acceptors (Lipinski definition) is 0. The van der Waals surface area contributed by atoms with Gasteiger partial charge in [-0.05, 0) is 108 Å². The predicted molar refractivity (Wildman–Crippen MR) is 244 cm³/mol. The Bertz CT molecular complexity index is 2780. The van der Waals surface area contributed by atoms with E-state index in [4.69, 9.17) is 0 Å². The van der Waals surface area contributed by atoms with Crippen LogP contribution in [0.1, 0.15) is 51.8 Å².